The van der Waals surface area contributed by atoms with Crippen molar-refractivity contribution in [1.29, 1.82) is 0 Å². The number of ether oxygens (including phenoxy) is 4. The van der Waals surface area contributed by atoms with E-state index < -0.39 is 0 Å². The number of carbonyl (C=O) groups excluding carboxylic acids is 2. The van der Waals surface area contributed by atoms with Crippen LogP contribution in [0.25, 0.3) is 0 Å². The highest BCUT2D eigenvalue weighted by Gasteiger charge is 2.27. The Bertz CT molecular complexity index is 1960. The topological polar surface area (TPSA) is 145 Å². The van der Waals surface area contributed by atoms with Crippen LogP contribution < -0.4 is 30.0 Å². The second-order valence-corrected chi connectivity index (χ2v) is 15.6. The van der Waals surface area contributed by atoms with Crippen LogP contribution in [0.5, 0.6) is 23.3 Å². The van der Waals surface area contributed by atoms with Crippen LogP contribution in [0.2, 0.25) is 0 Å². The molecule has 0 saturated carbocycles. The predicted molar refractivity (Wildman–Crippen MR) is 235 cm³/mol. The van der Waals surface area contributed by atoms with Crippen molar-refractivity contribution >= 4 is 24.2 Å². The molecular weight excluding hydrogens is 782 g/mol. The summed E-state index contributed by atoms with van der Waals surface area (Å²) in [6.07, 6.45) is 8.64. The number of carbonyl (C=O) groups is 2. The summed E-state index contributed by atoms with van der Waals surface area (Å²) in [6.45, 7) is 7.82. The molecule has 5 aliphatic rings. The molecule has 3 saturated heterocycles. The third kappa shape index (κ3) is 12.1. The second-order valence-electron chi connectivity index (χ2n) is 15.6. The summed E-state index contributed by atoms with van der Waals surface area (Å²) in [5.74, 6) is 2.58. The van der Waals surface area contributed by atoms with Gasteiger partial charge in [-0.25, -0.2) is 9.97 Å². The molecule has 4 aromatic rings. The fraction of sp³-hybridized carbons (Fsp3) is 0.478. The first-order valence-corrected chi connectivity index (χ1v) is 20.4. The zero-order chi connectivity index (χ0) is 39.0. The lowest BCUT2D eigenvalue weighted by atomic mass is 10.0. The maximum Gasteiger partial charge on any atom is 0.257 e. The molecule has 0 unspecified atom stereocenters. The van der Waals surface area contributed by atoms with Gasteiger partial charge in [-0.1, -0.05) is 63.4 Å². The Morgan fingerprint density at radius 2 is 1.18 bits per heavy atom. The molecule has 0 radical (unpaired) electrons. The van der Waals surface area contributed by atoms with Gasteiger partial charge in [0.05, 0.1) is 6.54 Å². The first kappa shape index (κ1) is 46.1. The Hall–Kier alpha value is -4.95. The predicted octanol–water partition coefficient (Wildman–Crippen LogP) is 6.51. The van der Waals surface area contributed by atoms with Crippen LogP contribution in [0.15, 0.2) is 85.2 Å². The van der Waals surface area contributed by atoms with Crippen molar-refractivity contribution in [2.24, 2.45) is 5.73 Å². The number of likely N-dealkylation sites (tertiary alicyclic amines) is 3. The molecule has 60 heavy (non-hydrogen) atoms. The molecule has 3 fully saturated rings. The number of halogens is 1. The number of nitrogens with two attached hydrogens (primary N) is 1. The van der Waals surface area contributed by atoms with Gasteiger partial charge in [-0.05, 0) is 91.7 Å². The Labute approximate surface area is 361 Å². The number of fused-ring (bicyclic) bond motifs is 2. The Kier molecular flexibility index (Phi) is 17.0. The van der Waals surface area contributed by atoms with E-state index in [2.05, 4.69) is 73.6 Å². The average molecular weight is 844 g/mol. The average Bonchev–Trinajstić information content (AvgIpc) is 3.66. The fourth-order valence-electron chi connectivity index (χ4n) is 8.00. The normalized spacial score (nSPS) is 20.4. The minimum atomic E-state index is -0.156. The van der Waals surface area contributed by atoms with E-state index in [-0.39, 0.29) is 63.9 Å². The third-order valence-corrected chi connectivity index (χ3v) is 11.4. The fourth-order valence-corrected chi connectivity index (χ4v) is 8.00. The van der Waals surface area contributed by atoms with Gasteiger partial charge in [0.2, 0.25) is 11.8 Å². The number of benzene rings is 2. The van der Waals surface area contributed by atoms with E-state index in [1.807, 2.05) is 24.3 Å². The van der Waals surface area contributed by atoms with Crippen LogP contribution in [0.1, 0.15) is 87.8 Å². The Morgan fingerprint density at radius 1 is 0.700 bits per heavy atom. The van der Waals surface area contributed by atoms with Crippen molar-refractivity contribution in [1.82, 2.24) is 30.0 Å². The molecule has 2 aromatic carbocycles. The molecule has 5 aliphatic heterocycles. The molecule has 9 rings (SSSR count). The molecular formula is C46H62ClN7O6. The first-order valence-electron chi connectivity index (χ1n) is 20.4. The third-order valence-electron chi connectivity index (χ3n) is 11.4. The number of nitrogens with one attached hydrogen (secondary N) is 1. The van der Waals surface area contributed by atoms with E-state index in [0.717, 1.165) is 82.5 Å². The largest absolute Gasteiger partial charge is 0.484 e. The molecule has 3 N–H and O–H groups in total. The lowest BCUT2D eigenvalue weighted by Gasteiger charge is -2.32. The Morgan fingerprint density at radius 3 is 1.65 bits per heavy atom. The molecule has 0 spiro atoms. The Balaban J connectivity index is 0.000000226. The summed E-state index contributed by atoms with van der Waals surface area (Å²) in [5.41, 5.74) is 10.7. The van der Waals surface area contributed by atoms with Gasteiger partial charge in [0.1, 0.15) is 13.2 Å². The van der Waals surface area contributed by atoms with Gasteiger partial charge in [0, 0.05) is 63.6 Å². The number of nitrogens with zero attached hydrogens (tertiary/aromatic N) is 5. The molecule has 2 atom stereocenters. The zero-order valence-electron chi connectivity index (χ0n) is 32.9. The van der Waals surface area contributed by atoms with Gasteiger partial charge in [-0.3, -0.25) is 19.4 Å². The summed E-state index contributed by atoms with van der Waals surface area (Å²) in [4.78, 5) is 39.0. The van der Waals surface area contributed by atoms with Crippen molar-refractivity contribution in [3.63, 3.8) is 0 Å². The molecule has 13 nitrogen and oxygen atoms in total. The first-order chi connectivity index (χ1) is 27.9. The highest BCUT2D eigenvalue weighted by atomic mass is 35.5. The van der Waals surface area contributed by atoms with Crippen molar-refractivity contribution in [3.8, 4) is 23.3 Å². The van der Waals surface area contributed by atoms with Gasteiger partial charge in [0.25, 0.3) is 11.8 Å². The van der Waals surface area contributed by atoms with Crippen LogP contribution in [0, 0.1) is 0 Å². The summed E-state index contributed by atoms with van der Waals surface area (Å²) in [6, 6.07) is 25.1. The van der Waals surface area contributed by atoms with Crippen molar-refractivity contribution in [3.05, 3.63) is 107 Å². The summed E-state index contributed by atoms with van der Waals surface area (Å²) < 4.78 is 23.5. The van der Waals surface area contributed by atoms with Crippen molar-refractivity contribution in [2.45, 2.75) is 90.8 Å². The van der Waals surface area contributed by atoms with Crippen LogP contribution in [0.4, 0.5) is 0 Å². The summed E-state index contributed by atoms with van der Waals surface area (Å²) >= 11 is 0. The number of hydrogen-bond acceptors (Lipinski definition) is 11. The molecule has 0 aliphatic carbocycles. The number of aromatic nitrogens is 2. The van der Waals surface area contributed by atoms with E-state index >= 15 is 0 Å². The number of amides is 2. The van der Waals surface area contributed by atoms with Gasteiger partial charge in [0.15, 0.2) is 23.7 Å². The maximum atomic E-state index is 12.3. The highest BCUT2D eigenvalue weighted by molar-refractivity contribution is 5.86. The van der Waals surface area contributed by atoms with Gasteiger partial charge in [-0.15, -0.1) is 12.4 Å². The smallest absolute Gasteiger partial charge is 0.257 e. The summed E-state index contributed by atoms with van der Waals surface area (Å²) in [7, 11) is 0. The van der Waals surface area contributed by atoms with Crippen molar-refractivity contribution in [2.75, 3.05) is 52.5 Å². The van der Waals surface area contributed by atoms with Gasteiger partial charge < -0.3 is 34.9 Å². The lowest BCUT2D eigenvalue weighted by molar-refractivity contribution is -0.133. The molecule has 0 bridgehead atoms. The van der Waals surface area contributed by atoms with Gasteiger partial charge >= 0.3 is 0 Å². The minimum Gasteiger partial charge on any atom is -0.484 e. The van der Waals surface area contributed by atoms with Crippen LogP contribution in [0.3, 0.4) is 0 Å². The molecule has 14 heteroatoms. The monoisotopic (exact) mass is 843 g/mol. The van der Waals surface area contributed by atoms with E-state index in [0.29, 0.717) is 55.5 Å². The standard InChI is InChI=1S/C25H30N4O4.C19H23N3O2.2CH4.ClH/c30-23(16-29-12-2-4-24(29)31)27-20-9-13-28(14-10-20)15-18-5-7-19(8-6-18)22-17-32-21-3-1-11-26-25(21)33-22;20-16-7-10-22(11-8-16)12-14-3-5-15(6-4-14)18-13-23-17-2-1-9-21-19(17)24-18;;;/h1,3,5-8,11,20,22H,2,4,9-10,12-17H2,(H,27,30);1-6,9,16,18H,7-8,10-13,20H2;2*1H4;1H/t22-;18-;;;/m11.../s1. The number of hydrogen-bond donors (Lipinski definition) is 2. The lowest BCUT2D eigenvalue weighted by Crippen LogP contribution is -2.47. The number of pyridine rings is 2. The van der Waals surface area contributed by atoms with E-state index in [1.165, 1.54) is 11.1 Å². The zero-order valence-corrected chi connectivity index (χ0v) is 33.7. The highest BCUT2D eigenvalue weighted by Crippen LogP contribution is 2.35. The van der Waals surface area contributed by atoms with Gasteiger partial charge in [-0.2, -0.15) is 0 Å². The van der Waals surface area contributed by atoms with Crippen LogP contribution >= 0.6 is 12.4 Å². The number of piperidine rings is 2. The molecule has 2 amide bonds. The molecule has 324 valence electrons. The van der Waals surface area contributed by atoms with E-state index in [1.54, 1.807) is 17.3 Å². The van der Waals surface area contributed by atoms with E-state index in [4.69, 9.17) is 24.7 Å². The molecule has 7 heterocycles. The maximum absolute atomic E-state index is 12.3. The minimum absolute atomic E-state index is 0. The second kappa shape index (κ2) is 22.1. The SMILES string of the molecule is C.C.Cl.NC1CCN(Cc2ccc([C@H]3COc4cccnc4O3)cc2)CC1.O=C(CN1CCCC1=O)NC1CCN(Cc2ccc([C@H]3COc4cccnc4O3)cc2)CC1. The van der Waals surface area contributed by atoms with Crippen LogP contribution in [-0.4, -0.2) is 101 Å². The summed E-state index contributed by atoms with van der Waals surface area (Å²) in [5, 5.41) is 3.11. The number of rotatable bonds is 9. The van der Waals surface area contributed by atoms with E-state index in [9.17, 15) is 9.59 Å². The molecule has 2 aromatic heterocycles. The quantitative estimate of drug-likeness (QED) is 0.190. The van der Waals surface area contributed by atoms with Crippen molar-refractivity contribution < 1.29 is 28.5 Å². The van der Waals surface area contributed by atoms with Crippen LogP contribution in [-0.2, 0) is 22.7 Å².